The topological polar surface area (TPSA) is 92.9 Å². The van der Waals surface area contributed by atoms with Gasteiger partial charge in [-0.3, -0.25) is 0 Å². The fraction of sp³-hybridized carbons (Fsp3) is 0.167. The Morgan fingerprint density at radius 1 is 1.40 bits per heavy atom. The predicted molar refractivity (Wildman–Crippen MR) is 75.1 cm³/mol. The zero-order valence-electron chi connectivity index (χ0n) is 10.4. The number of carboxylic acid groups (broad SMARTS) is 1. The van der Waals surface area contributed by atoms with Gasteiger partial charge >= 0.3 is 5.97 Å². The molecule has 0 radical (unpaired) electrons. The molecule has 0 fully saturated rings. The highest BCUT2D eigenvalue weighted by atomic mass is 32.1. The van der Waals surface area contributed by atoms with E-state index in [2.05, 4.69) is 20.6 Å². The van der Waals surface area contributed by atoms with E-state index in [4.69, 9.17) is 5.11 Å². The standard InChI is InChI=1S/C12H11N5O2S/c18-11(19)9-7-17(16-15-9)6-5-13-12-14-8-3-1-2-4-10(8)20-12/h1-4,7H,5-6H2,(H,13,14)(H,18,19). The number of fused-ring (bicyclic) bond motifs is 1. The van der Waals surface area contributed by atoms with E-state index in [9.17, 15) is 4.79 Å². The van der Waals surface area contributed by atoms with Crippen molar-refractivity contribution in [2.45, 2.75) is 6.54 Å². The first kappa shape index (κ1) is 12.5. The number of carboxylic acids is 1. The van der Waals surface area contributed by atoms with E-state index in [1.807, 2.05) is 24.3 Å². The van der Waals surface area contributed by atoms with Gasteiger partial charge in [0, 0.05) is 6.54 Å². The monoisotopic (exact) mass is 289 g/mol. The molecule has 102 valence electrons. The number of aromatic nitrogens is 4. The second-order valence-corrected chi connectivity index (χ2v) is 5.12. The van der Waals surface area contributed by atoms with Crippen molar-refractivity contribution in [2.75, 3.05) is 11.9 Å². The van der Waals surface area contributed by atoms with Crippen molar-refractivity contribution in [3.63, 3.8) is 0 Å². The molecule has 0 saturated heterocycles. The second kappa shape index (κ2) is 5.25. The van der Waals surface area contributed by atoms with Crippen molar-refractivity contribution in [1.29, 1.82) is 0 Å². The summed E-state index contributed by atoms with van der Waals surface area (Å²) in [6.45, 7) is 1.12. The smallest absolute Gasteiger partial charge is 0.358 e. The Morgan fingerprint density at radius 2 is 2.25 bits per heavy atom. The van der Waals surface area contributed by atoms with Crippen molar-refractivity contribution in [1.82, 2.24) is 20.0 Å². The summed E-state index contributed by atoms with van der Waals surface area (Å²) < 4.78 is 2.62. The maximum atomic E-state index is 10.7. The Labute approximate surface area is 117 Å². The maximum absolute atomic E-state index is 10.7. The van der Waals surface area contributed by atoms with E-state index in [1.54, 1.807) is 11.3 Å². The maximum Gasteiger partial charge on any atom is 0.358 e. The lowest BCUT2D eigenvalue weighted by molar-refractivity contribution is 0.0690. The van der Waals surface area contributed by atoms with Crippen LogP contribution in [0.25, 0.3) is 10.2 Å². The summed E-state index contributed by atoms with van der Waals surface area (Å²) in [5.41, 5.74) is 0.916. The van der Waals surface area contributed by atoms with E-state index in [0.717, 1.165) is 15.3 Å². The molecule has 7 nitrogen and oxygen atoms in total. The van der Waals surface area contributed by atoms with Gasteiger partial charge < -0.3 is 10.4 Å². The molecule has 3 rings (SSSR count). The van der Waals surface area contributed by atoms with Crippen molar-refractivity contribution >= 4 is 32.7 Å². The molecule has 0 aliphatic carbocycles. The molecule has 0 aliphatic rings. The molecule has 0 amide bonds. The summed E-state index contributed by atoms with van der Waals surface area (Å²) in [5, 5.41) is 20.1. The molecule has 20 heavy (non-hydrogen) atoms. The summed E-state index contributed by atoms with van der Waals surface area (Å²) in [4.78, 5) is 15.1. The van der Waals surface area contributed by atoms with Crippen molar-refractivity contribution in [3.8, 4) is 0 Å². The molecule has 2 N–H and O–H groups in total. The van der Waals surface area contributed by atoms with Gasteiger partial charge in [0.25, 0.3) is 0 Å². The quantitative estimate of drug-likeness (QED) is 0.742. The van der Waals surface area contributed by atoms with Gasteiger partial charge in [0.05, 0.1) is 23.0 Å². The summed E-state index contributed by atoms with van der Waals surface area (Å²) in [6, 6.07) is 7.92. The molecule has 0 bridgehead atoms. The van der Waals surface area contributed by atoms with E-state index in [0.29, 0.717) is 13.1 Å². The normalized spacial score (nSPS) is 10.8. The van der Waals surface area contributed by atoms with Crippen LogP contribution < -0.4 is 5.32 Å². The number of nitrogens with zero attached hydrogens (tertiary/aromatic N) is 4. The number of rotatable bonds is 5. The van der Waals surface area contributed by atoms with Gasteiger partial charge in [-0.05, 0) is 12.1 Å². The molecular formula is C12H11N5O2S. The van der Waals surface area contributed by atoms with Crippen LogP contribution in [0.2, 0.25) is 0 Å². The minimum Gasteiger partial charge on any atom is -0.476 e. The van der Waals surface area contributed by atoms with Gasteiger partial charge in [-0.2, -0.15) is 0 Å². The SMILES string of the molecule is O=C(O)c1cn(CCNc2nc3ccccc3s2)nn1. The summed E-state index contributed by atoms with van der Waals surface area (Å²) in [5.74, 6) is -1.07. The molecular weight excluding hydrogens is 278 g/mol. The van der Waals surface area contributed by atoms with Gasteiger partial charge in [0.15, 0.2) is 10.8 Å². The van der Waals surface area contributed by atoms with Crippen molar-refractivity contribution in [2.24, 2.45) is 0 Å². The first-order chi connectivity index (χ1) is 9.72. The van der Waals surface area contributed by atoms with Crippen LogP contribution in [0.1, 0.15) is 10.5 Å². The Bertz CT molecular complexity index is 718. The number of thiazole rings is 1. The summed E-state index contributed by atoms with van der Waals surface area (Å²) in [6.07, 6.45) is 1.41. The molecule has 0 spiro atoms. The molecule has 0 atom stereocenters. The zero-order chi connectivity index (χ0) is 13.9. The molecule has 8 heteroatoms. The van der Waals surface area contributed by atoms with E-state index >= 15 is 0 Å². The Morgan fingerprint density at radius 3 is 3.00 bits per heavy atom. The average Bonchev–Trinajstić information content (AvgIpc) is 3.04. The lowest BCUT2D eigenvalue weighted by Gasteiger charge is -2.01. The minimum atomic E-state index is -1.07. The highest BCUT2D eigenvalue weighted by Crippen LogP contribution is 2.24. The van der Waals surface area contributed by atoms with E-state index in [1.165, 1.54) is 10.9 Å². The van der Waals surface area contributed by atoms with Crippen LogP contribution in [-0.2, 0) is 6.54 Å². The van der Waals surface area contributed by atoms with Gasteiger partial charge in [-0.25, -0.2) is 14.5 Å². The lowest BCUT2D eigenvalue weighted by Crippen LogP contribution is -2.10. The number of carbonyl (C=O) groups is 1. The van der Waals surface area contributed by atoms with Crippen LogP contribution in [0.4, 0.5) is 5.13 Å². The van der Waals surface area contributed by atoms with E-state index < -0.39 is 5.97 Å². The largest absolute Gasteiger partial charge is 0.476 e. The number of hydrogen-bond acceptors (Lipinski definition) is 6. The third-order valence-corrected chi connectivity index (χ3v) is 3.66. The third-order valence-electron chi connectivity index (χ3n) is 2.67. The van der Waals surface area contributed by atoms with Crippen LogP contribution in [0, 0.1) is 0 Å². The molecule has 0 aliphatic heterocycles. The number of hydrogen-bond donors (Lipinski definition) is 2. The Balaban J connectivity index is 1.60. The molecule has 2 heterocycles. The first-order valence-corrected chi connectivity index (χ1v) is 6.77. The lowest BCUT2D eigenvalue weighted by atomic mass is 10.3. The van der Waals surface area contributed by atoms with Gasteiger partial charge in [0.2, 0.25) is 0 Å². The van der Waals surface area contributed by atoms with Crippen LogP contribution in [0.3, 0.4) is 0 Å². The predicted octanol–water partition coefficient (Wildman–Crippen LogP) is 1.70. The van der Waals surface area contributed by atoms with Gasteiger partial charge in [-0.15, -0.1) is 5.10 Å². The Hall–Kier alpha value is -2.48. The first-order valence-electron chi connectivity index (χ1n) is 5.95. The van der Waals surface area contributed by atoms with Crippen molar-refractivity contribution < 1.29 is 9.90 Å². The fourth-order valence-electron chi connectivity index (χ4n) is 1.73. The molecule has 3 aromatic rings. The van der Waals surface area contributed by atoms with Gasteiger partial charge in [0.1, 0.15) is 0 Å². The van der Waals surface area contributed by atoms with Gasteiger partial charge in [-0.1, -0.05) is 28.7 Å². The summed E-state index contributed by atoms with van der Waals surface area (Å²) >= 11 is 1.58. The van der Waals surface area contributed by atoms with E-state index in [-0.39, 0.29) is 5.69 Å². The van der Waals surface area contributed by atoms with Crippen molar-refractivity contribution in [3.05, 3.63) is 36.2 Å². The number of anilines is 1. The fourth-order valence-corrected chi connectivity index (χ4v) is 2.62. The molecule has 1 aromatic carbocycles. The number of aromatic carboxylic acids is 1. The third kappa shape index (κ3) is 2.59. The Kier molecular flexibility index (Phi) is 3.30. The van der Waals surface area contributed by atoms with Crippen LogP contribution in [0.5, 0.6) is 0 Å². The number of para-hydroxylation sites is 1. The summed E-state index contributed by atoms with van der Waals surface area (Å²) in [7, 11) is 0. The number of benzene rings is 1. The average molecular weight is 289 g/mol. The number of nitrogens with one attached hydrogen (secondary N) is 1. The second-order valence-electron chi connectivity index (χ2n) is 4.09. The highest BCUT2D eigenvalue weighted by molar-refractivity contribution is 7.22. The van der Waals surface area contributed by atoms with Crippen LogP contribution >= 0.6 is 11.3 Å². The molecule has 2 aromatic heterocycles. The molecule has 0 unspecified atom stereocenters. The van der Waals surface area contributed by atoms with Crippen LogP contribution in [-0.4, -0.2) is 37.6 Å². The molecule has 0 saturated carbocycles. The zero-order valence-corrected chi connectivity index (χ0v) is 11.2. The minimum absolute atomic E-state index is 0.0509. The highest BCUT2D eigenvalue weighted by Gasteiger charge is 2.08. The van der Waals surface area contributed by atoms with Crippen LogP contribution in [0.15, 0.2) is 30.5 Å².